The topological polar surface area (TPSA) is 31.4 Å². The van der Waals surface area contributed by atoms with Gasteiger partial charge >= 0.3 is 6.36 Å². The van der Waals surface area contributed by atoms with Crippen LogP contribution in [0.1, 0.15) is 17.7 Å². The van der Waals surface area contributed by atoms with Crippen molar-refractivity contribution in [3.05, 3.63) is 17.3 Å². The van der Waals surface area contributed by atoms with Crippen LogP contribution in [-0.2, 0) is 0 Å². The molecule has 0 unspecified atom stereocenters. The van der Waals surface area contributed by atoms with E-state index in [9.17, 15) is 22.0 Å². The molecule has 8 heteroatoms. The average Bonchev–Trinajstić information content (AvgIpc) is 2.17. The molecule has 3 nitrogen and oxygen atoms in total. The van der Waals surface area contributed by atoms with Crippen LogP contribution in [0.3, 0.4) is 0 Å². The molecule has 0 aliphatic rings. The van der Waals surface area contributed by atoms with E-state index in [0.29, 0.717) is 0 Å². The summed E-state index contributed by atoms with van der Waals surface area (Å²) in [6.07, 6.45) is -8.01. The molecule has 0 aliphatic carbocycles. The van der Waals surface area contributed by atoms with Crippen LogP contribution in [0, 0.1) is 6.92 Å². The van der Waals surface area contributed by atoms with Crippen molar-refractivity contribution >= 4 is 0 Å². The first-order valence-electron chi connectivity index (χ1n) is 4.34. The van der Waals surface area contributed by atoms with Crippen molar-refractivity contribution in [2.24, 2.45) is 0 Å². The molecule has 0 radical (unpaired) electrons. The fraction of sp³-hybridized carbons (Fsp3) is 0.444. The molecule has 17 heavy (non-hydrogen) atoms. The number of halogens is 5. The van der Waals surface area contributed by atoms with E-state index in [1.807, 2.05) is 0 Å². The zero-order valence-corrected chi connectivity index (χ0v) is 8.81. The Bertz CT molecular complexity index is 405. The number of rotatable bonds is 3. The Hall–Kier alpha value is -1.60. The van der Waals surface area contributed by atoms with Gasteiger partial charge in [-0.05, 0) is 6.92 Å². The molecular weight excluding hydrogens is 249 g/mol. The van der Waals surface area contributed by atoms with Crippen molar-refractivity contribution in [2.45, 2.75) is 19.7 Å². The van der Waals surface area contributed by atoms with E-state index in [-0.39, 0.29) is 11.3 Å². The molecule has 0 amide bonds. The fourth-order valence-corrected chi connectivity index (χ4v) is 1.18. The highest BCUT2D eigenvalue weighted by atomic mass is 19.4. The standard InChI is InChI=1S/C9H8F5NO2/c1-4-5(16-2)3-6(17-9(12,13)14)15-7(4)8(10)11/h3,8H,1-2H3. The van der Waals surface area contributed by atoms with Crippen LogP contribution in [0.4, 0.5) is 22.0 Å². The highest BCUT2D eigenvalue weighted by molar-refractivity contribution is 5.40. The largest absolute Gasteiger partial charge is 0.574 e. The zero-order valence-electron chi connectivity index (χ0n) is 8.81. The SMILES string of the molecule is COc1cc(OC(F)(F)F)nc(C(F)F)c1C. The molecular formula is C9H8F5NO2. The lowest BCUT2D eigenvalue weighted by Crippen LogP contribution is -2.18. The van der Waals surface area contributed by atoms with Gasteiger partial charge in [-0.15, -0.1) is 13.2 Å². The summed E-state index contributed by atoms with van der Waals surface area (Å²) in [4.78, 5) is 3.09. The maximum absolute atomic E-state index is 12.5. The predicted molar refractivity (Wildman–Crippen MR) is 47.2 cm³/mol. The van der Waals surface area contributed by atoms with Crippen molar-refractivity contribution in [1.29, 1.82) is 0 Å². The molecule has 0 saturated heterocycles. The monoisotopic (exact) mass is 257 g/mol. The third kappa shape index (κ3) is 3.43. The smallest absolute Gasteiger partial charge is 0.496 e. The Morgan fingerprint density at radius 1 is 1.29 bits per heavy atom. The molecule has 0 atom stereocenters. The Morgan fingerprint density at radius 3 is 2.29 bits per heavy atom. The second-order valence-corrected chi connectivity index (χ2v) is 3.02. The van der Waals surface area contributed by atoms with Crippen LogP contribution in [0.25, 0.3) is 0 Å². The molecule has 0 fully saturated rings. The van der Waals surface area contributed by atoms with Gasteiger partial charge in [0.25, 0.3) is 6.43 Å². The minimum atomic E-state index is -4.99. The van der Waals surface area contributed by atoms with E-state index in [0.717, 1.165) is 13.2 Å². The van der Waals surface area contributed by atoms with Crippen molar-refractivity contribution in [3.63, 3.8) is 0 Å². The normalized spacial score (nSPS) is 11.8. The summed E-state index contributed by atoms with van der Waals surface area (Å²) < 4.78 is 68.9. The first-order chi connectivity index (χ1) is 7.74. The van der Waals surface area contributed by atoms with E-state index < -0.39 is 24.4 Å². The molecule has 0 saturated carbocycles. The first kappa shape index (κ1) is 13.5. The number of hydrogen-bond acceptors (Lipinski definition) is 3. The second-order valence-electron chi connectivity index (χ2n) is 3.02. The summed E-state index contributed by atoms with van der Waals surface area (Å²) >= 11 is 0. The van der Waals surface area contributed by atoms with Gasteiger partial charge in [0.2, 0.25) is 5.88 Å². The number of aromatic nitrogens is 1. The summed E-state index contributed by atoms with van der Waals surface area (Å²) in [5.41, 5.74) is -0.833. The number of methoxy groups -OCH3 is 1. The number of alkyl halides is 5. The quantitative estimate of drug-likeness (QED) is 0.779. The molecule has 0 spiro atoms. The van der Waals surface area contributed by atoms with E-state index in [2.05, 4.69) is 14.5 Å². The van der Waals surface area contributed by atoms with Gasteiger partial charge in [0, 0.05) is 11.6 Å². The van der Waals surface area contributed by atoms with Crippen molar-refractivity contribution in [2.75, 3.05) is 7.11 Å². The minimum absolute atomic E-state index is 0.0305. The first-order valence-corrected chi connectivity index (χ1v) is 4.34. The second kappa shape index (κ2) is 4.72. The van der Waals surface area contributed by atoms with Crippen LogP contribution in [0.5, 0.6) is 11.6 Å². The van der Waals surface area contributed by atoms with Crippen molar-refractivity contribution in [1.82, 2.24) is 4.98 Å². The third-order valence-electron chi connectivity index (χ3n) is 1.89. The van der Waals surface area contributed by atoms with Crippen LogP contribution < -0.4 is 9.47 Å². The molecule has 1 rings (SSSR count). The lowest BCUT2D eigenvalue weighted by atomic mass is 10.2. The van der Waals surface area contributed by atoms with Crippen LogP contribution >= 0.6 is 0 Å². The van der Waals surface area contributed by atoms with Gasteiger partial charge in [0.05, 0.1) is 7.11 Å². The number of ether oxygens (including phenoxy) is 2. The zero-order chi connectivity index (χ0) is 13.2. The molecule has 0 bridgehead atoms. The van der Waals surface area contributed by atoms with Crippen molar-refractivity contribution in [3.8, 4) is 11.6 Å². The summed E-state index contributed by atoms with van der Waals surface area (Å²) in [6.45, 7) is 1.27. The van der Waals surface area contributed by atoms with Crippen molar-refractivity contribution < 1.29 is 31.4 Å². The Labute approximate surface area is 93.2 Å². The number of hydrogen-bond donors (Lipinski definition) is 0. The molecule has 1 aromatic rings. The van der Waals surface area contributed by atoms with Gasteiger partial charge in [-0.3, -0.25) is 0 Å². The summed E-state index contributed by atoms with van der Waals surface area (Å²) in [7, 11) is 1.15. The fourth-order valence-electron chi connectivity index (χ4n) is 1.18. The molecule has 0 N–H and O–H groups in total. The predicted octanol–water partition coefficient (Wildman–Crippen LogP) is 3.23. The van der Waals surface area contributed by atoms with E-state index in [4.69, 9.17) is 0 Å². The maximum atomic E-state index is 12.5. The van der Waals surface area contributed by atoms with E-state index in [1.54, 1.807) is 0 Å². The van der Waals surface area contributed by atoms with Gasteiger partial charge in [-0.1, -0.05) is 0 Å². The Kier molecular flexibility index (Phi) is 3.74. The highest BCUT2D eigenvalue weighted by Gasteiger charge is 2.33. The van der Waals surface area contributed by atoms with E-state index in [1.165, 1.54) is 6.92 Å². The van der Waals surface area contributed by atoms with Crippen LogP contribution in [0.2, 0.25) is 0 Å². The Balaban J connectivity index is 3.21. The molecule has 1 aromatic heterocycles. The van der Waals surface area contributed by atoms with Gasteiger partial charge in [-0.25, -0.2) is 13.8 Å². The van der Waals surface area contributed by atoms with Gasteiger partial charge in [0.1, 0.15) is 11.4 Å². The maximum Gasteiger partial charge on any atom is 0.574 e. The molecule has 96 valence electrons. The summed E-state index contributed by atoms with van der Waals surface area (Å²) in [6, 6.07) is 0.800. The van der Waals surface area contributed by atoms with Crippen LogP contribution in [-0.4, -0.2) is 18.5 Å². The lowest BCUT2D eigenvalue weighted by molar-refractivity contribution is -0.276. The molecule has 1 heterocycles. The number of pyridine rings is 1. The van der Waals surface area contributed by atoms with E-state index >= 15 is 0 Å². The minimum Gasteiger partial charge on any atom is -0.496 e. The summed E-state index contributed by atoms with van der Waals surface area (Å²) in [5.74, 6) is -1.12. The highest BCUT2D eigenvalue weighted by Crippen LogP contribution is 2.32. The molecule has 0 aromatic carbocycles. The third-order valence-corrected chi connectivity index (χ3v) is 1.89. The lowest BCUT2D eigenvalue weighted by Gasteiger charge is -2.13. The van der Waals surface area contributed by atoms with Gasteiger partial charge in [-0.2, -0.15) is 0 Å². The summed E-state index contributed by atoms with van der Waals surface area (Å²) in [5, 5.41) is 0. The van der Waals surface area contributed by atoms with Gasteiger partial charge in [0.15, 0.2) is 0 Å². The molecule has 0 aliphatic heterocycles. The Morgan fingerprint density at radius 2 is 1.88 bits per heavy atom. The number of nitrogens with zero attached hydrogens (tertiary/aromatic N) is 1. The van der Waals surface area contributed by atoms with Crippen LogP contribution in [0.15, 0.2) is 6.07 Å². The van der Waals surface area contributed by atoms with Gasteiger partial charge < -0.3 is 9.47 Å². The average molecular weight is 257 g/mol.